The SMILES string of the molecule is NC(N)=NCCC(F)(F)C(F)F.NNC(=O)O. The highest BCUT2D eigenvalue weighted by Gasteiger charge is 2.39. The lowest BCUT2D eigenvalue weighted by Crippen LogP contribution is -2.29. The molecule has 0 unspecified atom stereocenters. The van der Waals surface area contributed by atoms with Crippen LogP contribution in [0.3, 0.4) is 0 Å². The zero-order chi connectivity index (χ0) is 14.1. The van der Waals surface area contributed by atoms with Crippen molar-refractivity contribution in [3.8, 4) is 0 Å². The molecular formula is C6H13F4N5O2. The number of hydrogen-bond acceptors (Lipinski definition) is 3. The minimum Gasteiger partial charge on any atom is -0.464 e. The predicted molar refractivity (Wildman–Crippen MR) is 51.6 cm³/mol. The smallest absolute Gasteiger partial charge is 0.418 e. The summed E-state index contributed by atoms with van der Waals surface area (Å²) in [6.45, 7) is -0.500. The molecule has 0 bridgehead atoms. The number of alkyl halides is 4. The van der Waals surface area contributed by atoms with Crippen LogP contribution in [0.2, 0.25) is 0 Å². The van der Waals surface area contributed by atoms with E-state index in [2.05, 4.69) is 10.8 Å². The van der Waals surface area contributed by atoms with E-state index >= 15 is 0 Å². The third kappa shape index (κ3) is 12.2. The first-order valence-electron chi connectivity index (χ1n) is 4.04. The fraction of sp³-hybridized carbons (Fsp3) is 0.667. The Labute approximate surface area is 93.6 Å². The molecular weight excluding hydrogens is 250 g/mol. The van der Waals surface area contributed by atoms with Crippen LogP contribution in [-0.4, -0.2) is 36.1 Å². The number of nitrogens with one attached hydrogen (secondary N) is 1. The van der Waals surface area contributed by atoms with Crippen LogP contribution in [0.1, 0.15) is 6.42 Å². The van der Waals surface area contributed by atoms with Gasteiger partial charge >= 0.3 is 18.4 Å². The molecule has 0 aliphatic heterocycles. The molecule has 0 spiro atoms. The molecule has 0 aliphatic rings. The van der Waals surface area contributed by atoms with Gasteiger partial charge in [-0.15, -0.1) is 0 Å². The Bertz CT molecular complexity index is 257. The molecule has 17 heavy (non-hydrogen) atoms. The largest absolute Gasteiger partial charge is 0.464 e. The summed E-state index contributed by atoms with van der Waals surface area (Å²) in [5.74, 6) is -0.0820. The van der Waals surface area contributed by atoms with Crippen molar-refractivity contribution in [2.45, 2.75) is 18.8 Å². The van der Waals surface area contributed by atoms with Crippen LogP contribution >= 0.6 is 0 Å². The molecule has 0 aliphatic carbocycles. The Morgan fingerprint density at radius 1 is 1.41 bits per heavy atom. The van der Waals surface area contributed by atoms with Crippen LogP contribution < -0.4 is 22.7 Å². The predicted octanol–water partition coefficient (Wildman–Crippen LogP) is -0.322. The molecule has 0 rings (SSSR count). The quantitative estimate of drug-likeness (QED) is 0.118. The summed E-state index contributed by atoms with van der Waals surface area (Å²) in [4.78, 5) is 12.3. The Hall–Kier alpha value is -1.78. The van der Waals surface area contributed by atoms with Crippen LogP contribution in [0.4, 0.5) is 22.4 Å². The van der Waals surface area contributed by atoms with Gasteiger partial charge < -0.3 is 16.6 Å². The zero-order valence-corrected chi connectivity index (χ0v) is 8.54. The van der Waals surface area contributed by atoms with Gasteiger partial charge in [-0.3, -0.25) is 10.4 Å². The lowest BCUT2D eigenvalue weighted by atomic mass is 10.2. The van der Waals surface area contributed by atoms with E-state index in [1.54, 1.807) is 0 Å². The highest BCUT2D eigenvalue weighted by Crippen LogP contribution is 2.26. The maximum Gasteiger partial charge on any atom is 0.418 e. The first kappa shape index (κ1) is 17.6. The number of amides is 1. The molecule has 11 heteroatoms. The number of nitrogens with two attached hydrogens (primary N) is 3. The number of halogens is 4. The molecule has 0 radical (unpaired) electrons. The molecule has 0 heterocycles. The molecule has 7 nitrogen and oxygen atoms in total. The fourth-order valence-electron chi connectivity index (χ4n) is 0.443. The number of carbonyl (C=O) groups is 1. The molecule has 0 saturated heterocycles. The molecule has 0 fully saturated rings. The van der Waals surface area contributed by atoms with Crippen LogP contribution in [0, 0.1) is 0 Å². The molecule has 0 aromatic carbocycles. The van der Waals surface area contributed by atoms with E-state index in [1.807, 2.05) is 0 Å². The van der Waals surface area contributed by atoms with Gasteiger partial charge in [-0.2, -0.15) is 0 Å². The number of hydrazine groups is 1. The molecule has 0 aromatic heterocycles. The van der Waals surface area contributed by atoms with Crippen molar-refractivity contribution in [2.75, 3.05) is 6.54 Å². The monoisotopic (exact) mass is 263 g/mol. The summed E-state index contributed by atoms with van der Waals surface area (Å²) in [5, 5.41) is 7.49. The number of guanidine groups is 1. The van der Waals surface area contributed by atoms with Crippen molar-refractivity contribution in [3.63, 3.8) is 0 Å². The van der Waals surface area contributed by atoms with Gasteiger partial charge in [0, 0.05) is 13.0 Å². The van der Waals surface area contributed by atoms with Crippen LogP contribution in [0.15, 0.2) is 4.99 Å². The van der Waals surface area contributed by atoms with Gasteiger partial charge in [-0.1, -0.05) is 0 Å². The van der Waals surface area contributed by atoms with Gasteiger partial charge in [0.1, 0.15) is 0 Å². The summed E-state index contributed by atoms with van der Waals surface area (Å²) < 4.78 is 47.1. The van der Waals surface area contributed by atoms with E-state index < -0.39 is 31.4 Å². The standard InChI is InChI=1S/C5H9F4N3.CH4N2O2/c6-3(7)5(8,9)1-2-12-4(10)11;2-3-1(4)5/h3H,1-2H2,(H4,10,11,12);3H,2H2,(H,4,5). The molecule has 0 saturated carbocycles. The normalized spacial score (nSPS) is 10.2. The van der Waals surface area contributed by atoms with E-state index in [0.717, 1.165) is 0 Å². The lowest BCUT2D eigenvalue weighted by Gasteiger charge is -2.12. The minimum atomic E-state index is -4.01. The number of hydrogen-bond donors (Lipinski definition) is 5. The third-order valence-corrected chi connectivity index (χ3v) is 1.18. The van der Waals surface area contributed by atoms with Crippen molar-refractivity contribution in [1.29, 1.82) is 0 Å². The van der Waals surface area contributed by atoms with Crippen molar-refractivity contribution >= 4 is 12.1 Å². The van der Waals surface area contributed by atoms with E-state index in [0.29, 0.717) is 0 Å². The summed E-state index contributed by atoms with van der Waals surface area (Å²) in [7, 11) is 0. The Morgan fingerprint density at radius 2 is 1.82 bits per heavy atom. The first-order chi connectivity index (χ1) is 7.63. The summed E-state index contributed by atoms with van der Waals surface area (Å²) in [6, 6.07) is 0. The van der Waals surface area contributed by atoms with E-state index in [9.17, 15) is 17.6 Å². The Balaban J connectivity index is 0. The molecule has 8 N–H and O–H groups in total. The third-order valence-electron chi connectivity index (χ3n) is 1.18. The van der Waals surface area contributed by atoms with Gasteiger partial charge in [0.05, 0.1) is 0 Å². The van der Waals surface area contributed by atoms with Gasteiger partial charge in [-0.25, -0.2) is 28.2 Å². The average Bonchev–Trinajstić information content (AvgIpc) is 2.17. The molecule has 102 valence electrons. The van der Waals surface area contributed by atoms with Crippen LogP contribution in [-0.2, 0) is 0 Å². The van der Waals surface area contributed by atoms with E-state index in [4.69, 9.17) is 21.4 Å². The minimum absolute atomic E-state index is 0.389. The topological polar surface area (TPSA) is 140 Å². The summed E-state index contributed by atoms with van der Waals surface area (Å²) in [6.07, 6.45) is -5.94. The number of carboxylic acid groups (broad SMARTS) is 1. The maximum absolute atomic E-state index is 12.1. The van der Waals surface area contributed by atoms with Gasteiger partial charge in [0.25, 0.3) is 0 Å². The molecule has 1 amide bonds. The number of aliphatic imine (C=N–C) groups is 1. The van der Waals surface area contributed by atoms with Crippen LogP contribution in [0.25, 0.3) is 0 Å². The second-order valence-electron chi connectivity index (χ2n) is 2.57. The van der Waals surface area contributed by atoms with Crippen molar-refractivity contribution in [1.82, 2.24) is 5.43 Å². The van der Waals surface area contributed by atoms with Gasteiger partial charge in [0.15, 0.2) is 5.96 Å². The summed E-state index contributed by atoms with van der Waals surface area (Å²) in [5.41, 5.74) is 11.0. The number of rotatable bonds is 4. The second kappa shape index (κ2) is 8.38. The van der Waals surface area contributed by atoms with Crippen molar-refractivity contribution in [2.24, 2.45) is 22.3 Å². The first-order valence-corrected chi connectivity index (χ1v) is 4.04. The van der Waals surface area contributed by atoms with Gasteiger partial charge in [0.2, 0.25) is 0 Å². The highest BCUT2D eigenvalue weighted by molar-refractivity contribution is 5.75. The average molecular weight is 263 g/mol. The van der Waals surface area contributed by atoms with Crippen molar-refractivity contribution in [3.05, 3.63) is 0 Å². The maximum atomic E-state index is 12.1. The van der Waals surface area contributed by atoms with E-state index in [1.165, 1.54) is 5.43 Å². The Morgan fingerprint density at radius 3 is 2.06 bits per heavy atom. The molecule has 0 aromatic rings. The van der Waals surface area contributed by atoms with Gasteiger partial charge in [-0.05, 0) is 0 Å². The Kier molecular flexibility index (Phi) is 8.68. The van der Waals surface area contributed by atoms with E-state index in [-0.39, 0.29) is 5.96 Å². The zero-order valence-electron chi connectivity index (χ0n) is 8.54. The lowest BCUT2D eigenvalue weighted by molar-refractivity contribution is -0.130. The molecule has 0 atom stereocenters. The fourth-order valence-corrected chi connectivity index (χ4v) is 0.443. The highest BCUT2D eigenvalue weighted by atomic mass is 19.3. The second-order valence-corrected chi connectivity index (χ2v) is 2.57. The van der Waals surface area contributed by atoms with Crippen molar-refractivity contribution < 1.29 is 27.5 Å². The van der Waals surface area contributed by atoms with Crippen LogP contribution in [0.5, 0.6) is 0 Å². The summed E-state index contributed by atoms with van der Waals surface area (Å²) >= 11 is 0. The number of nitrogens with zero attached hydrogens (tertiary/aromatic N) is 1.